The Morgan fingerprint density at radius 3 is 2.48 bits per heavy atom. The lowest BCUT2D eigenvalue weighted by atomic mass is 9.92. The van der Waals surface area contributed by atoms with E-state index in [2.05, 4.69) is 15.5 Å². The number of halogens is 2. The summed E-state index contributed by atoms with van der Waals surface area (Å²) < 4.78 is 41.1. The van der Waals surface area contributed by atoms with Gasteiger partial charge in [0.1, 0.15) is 24.0 Å². The number of nitrogens with one attached hydrogen (secondary N) is 1. The average molecular weight is 583 g/mol. The molecule has 1 aliphatic carbocycles. The fraction of sp³-hybridized carbons (Fsp3) is 0.379. The number of benzene rings is 2. The molecule has 2 amide bonds. The van der Waals surface area contributed by atoms with Gasteiger partial charge in [-0.05, 0) is 63.8 Å². The highest BCUT2D eigenvalue weighted by atomic mass is 19.3. The number of hydrogen-bond donors (Lipinski definition) is 3. The first-order valence-electron chi connectivity index (χ1n) is 13.6. The van der Waals surface area contributed by atoms with Crippen molar-refractivity contribution in [2.45, 2.75) is 63.8 Å². The third-order valence-electron chi connectivity index (χ3n) is 6.93. The van der Waals surface area contributed by atoms with Gasteiger partial charge in [0, 0.05) is 23.7 Å². The molecule has 1 saturated carbocycles. The summed E-state index contributed by atoms with van der Waals surface area (Å²) >= 11 is 0. The number of aliphatic hydroxyl groups is 1. The molecule has 4 N–H and O–H groups in total. The van der Waals surface area contributed by atoms with E-state index in [0.29, 0.717) is 30.4 Å². The second-order valence-corrected chi connectivity index (χ2v) is 10.9. The molecule has 0 atom stereocenters. The Morgan fingerprint density at radius 2 is 1.83 bits per heavy atom. The van der Waals surface area contributed by atoms with Crippen LogP contribution in [0, 0.1) is 0 Å². The molecular formula is C29H32F2N6O5. The minimum atomic E-state index is -2.97. The predicted molar refractivity (Wildman–Crippen MR) is 149 cm³/mol. The number of alkyl halides is 2. The number of ether oxygens (including phenoxy) is 2. The molecule has 2 aromatic carbocycles. The van der Waals surface area contributed by atoms with E-state index in [-0.39, 0.29) is 52.5 Å². The van der Waals surface area contributed by atoms with Crippen molar-refractivity contribution in [1.82, 2.24) is 24.9 Å². The molecule has 1 aliphatic rings. The van der Waals surface area contributed by atoms with Crippen molar-refractivity contribution >= 4 is 22.7 Å². The Hall–Kier alpha value is -4.52. The summed E-state index contributed by atoms with van der Waals surface area (Å²) in [6, 6.07) is 13.5. The van der Waals surface area contributed by atoms with Gasteiger partial charge in [0.15, 0.2) is 5.69 Å². The molecule has 42 heavy (non-hydrogen) atoms. The molecule has 11 nitrogen and oxygen atoms in total. The fourth-order valence-corrected chi connectivity index (χ4v) is 4.85. The van der Waals surface area contributed by atoms with Crippen molar-refractivity contribution in [2.75, 3.05) is 6.61 Å². The van der Waals surface area contributed by atoms with E-state index in [4.69, 9.17) is 15.2 Å². The zero-order valence-corrected chi connectivity index (χ0v) is 23.2. The number of nitrogens with zero attached hydrogens (tertiary/aromatic N) is 4. The number of hydrogen-bond acceptors (Lipinski definition) is 7. The van der Waals surface area contributed by atoms with Gasteiger partial charge in [-0.25, -0.2) is 9.36 Å². The lowest BCUT2D eigenvalue weighted by Gasteiger charge is -2.28. The van der Waals surface area contributed by atoms with Crippen molar-refractivity contribution in [3.8, 4) is 17.3 Å². The van der Waals surface area contributed by atoms with E-state index in [1.54, 1.807) is 19.9 Å². The molecule has 4 aromatic rings. The highest BCUT2D eigenvalue weighted by molar-refractivity contribution is 6.05. The Morgan fingerprint density at radius 1 is 1.12 bits per heavy atom. The summed E-state index contributed by atoms with van der Waals surface area (Å²) in [6.07, 6.45) is 3.53. The molecule has 2 aromatic heterocycles. The van der Waals surface area contributed by atoms with E-state index in [1.165, 1.54) is 23.0 Å². The standard InChI is InChI=1S/C29H32F2N6O5/c1-29(2,40)16-41-20-12-13-21-23(14-20)37(28(30)31)34-24(21)26(39)33-17-8-10-19(11-9-17)42-27-22(25(32)38)15-36(35-27)18-6-4-3-5-7-18/h3-7,12-15,17,19,28,40H,8-11,16H2,1-2H3,(H2,32,38)(H,33,39)/t17-,19-. The van der Waals surface area contributed by atoms with E-state index in [1.807, 2.05) is 30.3 Å². The van der Waals surface area contributed by atoms with Crippen molar-refractivity contribution in [2.24, 2.45) is 5.73 Å². The highest BCUT2D eigenvalue weighted by Gasteiger charge is 2.29. The highest BCUT2D eigenvalue weighted by Crippen LogP contribution is 2.29. The predicted octanol–water partition coefficient (Wildman–Crippen LogP) is 3.99. The Labute approximate surface area is 240 Å². The van der Waals surface area contributed by atoms with Crippen molar-refractivity contribution < 1.29 is 33.0 Å². The number of rotatable bonds is 10. The SMILES string of the molecule is CC(C)(O)COc1ccc2c(C(=O)N[C@H]3CC[C@H](Oc4nn(-c5ccccc5)cc4C(N)=O)CC3)nn(C(F)F)c2c1. The summed E-state index contributed by atoms with van der Waals surface area (Å²) in [5.41, 5.74) is 5.29. The molecule has 1 fully saturated rings. The Kier molecular flexibility index (Phi) is 8.12. The number of amides is 2. The van der Waals surface area contributed by atoms with Crippen LogP contribution in [0.4, 0.5) is 8.78 Å². The summed E-state index contributed by atoms with van der Waals surface area (Å²) in [5.74, 6) is -0.801. The molecular weight excluding hydrogens is 550 g/mol. The molecule has 5 rings (SSSR count). The van der Waals surface area contributed by atoms with Gasteiger partial charge in [0.2, 0.25) is 5.88 Å². The molecule has 13 heteroatoms. The van der Waals surface area contributed by atoms with Crippen molar-refractivity contribution in [1.29, 1.82) is 0 Å². The van der Waals surface area contributed by atoms with E-state index in [9.17, 15) is 23.5 Å². The third-order valence-corrected chi connectivity index (χ3v) is 6.93. The van der Waals surface area contributed by atoms with Gasteiger partial charge in [-0.3, -0.25) is 9.59 Å². The largest absolute Gasteiger partial charge is 0.491 e. The van der Waals surface area contributed by atoms with Crippen LogP contribution in [0.1, 0.15) is 66.9 Å². The number of nitrogens with two attached hydrogens (primary N) is 1. The maximum Gasteiger partial charge on any atom is 0.333 e. The van der Waals surface area contributed by atoms with E-state index in [0.717, 1.165) is 5.69 Å². The normalized spacial score (nSPS) is 17.4. The first-order chi connectivity index (χ1) is 20.0. The summed E-state index contributed by atoms with van der Waals surface area (Å²) in [6.45, 7) is 0.116. The molecule has 0 bridgehead atoms. The zero-order chi connectivity index (χ0) is 30.0. The monoisotopic (exact) mass is 582 g/mol. The number of carbonyl (C=O) groups is 2. The van der Waals surface area contributed by atoms with Gasteiger partial charge in [0.25, 0.3) is 11.8 Å². The van der Waals surface area contributed by atoms with E-state index < -0.39 is 24.0 Å². The minimum Gasteiger partial charge on any atom is -0.491 e. The van der Waals surface area contributed by atoms with Gasteiger partial charge in [-0.15, -0.1) is 5.10 Å². The summed E-state index contributed by atoms with van der Waals surface area (Å²) in [4.78, 5) is 25.2. The van der Waals surface area contributed by atoms with Crippen molar-refractivity contribution in [3.05, 3.63) is 66.0 Å². The molecule has 0 spiro atoms. The number of para-hydroxylation sites is 1. The first-order valence-corrected chi connectivity index (χ1v) is 13.6. The maximum atomic E-state index is 13.8. The first kappa shape index (κ1) is 29.0. The smallest absolute Gasteiger partial charge is 0.333 e. The number of aromatic nitrogens is 4. The van der Waals surface area contributed by atoms with Crippen LogP contribution >= 0.6 is 0 Å². The molecule has 0 saturated heterocycles. The second-order valence-electron chi connectivity index (χ2n) is 10.9. The van der Waals surface area contributed by atoms with Crippen LogP contribution in [0.25, 0.3) is 16.6 Å². The van der Waals surface area contributed by atoms with Crippen LogP contribution in [0.15, 0.2) is 54.7 Å². The topological polar surface area (TPSA) is 147 Å². The molecule has 0 radical (unpaired) electrons. The maximum absolute atomic E-state index is 13.8. The molecule has 0 aliphatic heterocycles. The fourth-order valence-electron chi connectivity index (χ4n) is 4.85. The average Bonchev–Trinajstić information content (AvgIpc) is 3.55. The van der Waals surface area contributed by atoms with E-state index >= 15 is 0 Å². The Balaban J connectivity index is 1.24. The van der Waals surface area contributed by atoms with Crippen LogP contribution in [0.5, 0.6) is 11.6 Å². The minimum absolute atomic E-state index is 0.0419. The molecule has 222 valence electrons. The van der Waals surface area contributed by atoms with Crippen molar-refractivity contribution in [3.63, 3.8) is 0 Å². The van der Waals surface area contributed by atoms with Gasteiger partial charge in [-0.2, -0.15) is 13.9 Å². The zero-order valence-electron chi connectivity index (χ0n) is 23.2. The van der Waals surface area contributed by atoms with Gasteiger partial charge >= 0.3 is 6.55 Å². The third kappa shape index (κ3) is 6.51. The number of carbonyl (C=O) groups excluding carboxylic acids is 2. The Bertz CT molecular complexity index is 1570. The van der Waals surface area contributed by atoms with Crippen LogP contribution in [0.3, 0.4) is 0 Å². The molecule has 0 unspecified atom stereocenters. The quantitative estimate of drug-likeness (QED) is 0.256. The van der Waals surface area contributed by atoms with Crippen LogP contribution in [-0.4, -0.2) is 60.8 Å². The second kappa shape index (κ2) is 11.8. The lowest BCUT2D eigenvalue weighted by molar-refractivity contribution is 0.0284. The van der Waals surface area contributed by atoms with Crippen LogP contribution in [-0.2, 0) is 0 Å². The van der Waals surface area contributed by atoms with Gasteiger partial charge in [-0.1, -0.05) is 18.2 Å². The summed E-state index contributed by atoms with van der Waals surface area (Å²) in [7, 11) is 0. The van der Waals surface area contributed by atoms with Crippen LogP contribution < -0.4 is 20.5 Å². The molecule has 2 heterocycles. The number of primary amides is 1. The van der Waals surface area contributed by atoms with Gasteiger partial charge in [0.05, 0.1) is 16.8 Å². The lowest BCUT2D eigenvalue weighted by Crippen LogP contribution is -2.40. The number of fused-ring (bicyclic) bond motifs is 1. The van der Waals surface area contributed by atoms with Gasteiger partial charge < -0.3 is 25.6 Å². The van der Waals surface area contributed by atoms with Crippen LogP contribution in [0.2, 0.25) is 0 Å². The summed E-state index contributed by atoms with van der Waals surface area (Å²) in [5, 5.41) is 21.4.